The van der Waals surface area contributed by atoms with E-state index in [1.165, 1.54) is 6.92 Å². The predicted octanol–water partition coefficient (Wildman–Crippen LogP) is 3.00. The molecule has 2 aromatic rings. The molecule has 0 bridgehead atoms. The number of thiazole rings is 1. The van der Waals surface area contributed by atoms with Gasteiger partial charge < -0.3 is 4.90 Å². The van der Waals surface area contributed by atoms with Crippen LogP contribution in [0.2, 0.25) is 0 Å². The molecule has 3 rings (SSSR count). The molecular weight excluding hydrogens is 381 g/mol. The van der Waals surface area contributed by atoms with Crippen molar-refractivity contribution < 1.29 is 22.8 Å². The molecule has 0 atom stereocenters. The summed E-state index contributed by atoms with van der Waals surface area (Å²) in [7, 11) is 0. The summed E-state index contributed by atoms with van der Waals surface area (Å²) < 4.78 is 40.1. The first-order valence-corrected chi connectivity index (χ1v) is 9.04. The standard InChI is InChI=1S/C17H17F3N4O2S/c1-10(23-8-4-5-9-23)13(14(25)17(18,19)20)15(26)24(21)16-22-11-6-2-3-7-12(11)27-16/h2-3,6-7H,4-5,8-9,21H2,1H3/b13-10-. The number of alkyl halides is 3. The number of amides is 1. The first kappa shape index (κ1) is 19.3. The Morgan fingerprint density at radius 2 is 1.85 bits per heavy atom. The van der Waals surface area contributed by atoms with Crippen LogP contribution in [-0.4, -0.2) is 40.8 Å². The number of likely N-dealkylation sites (tertiary alicyclic amines) is 1. The van der Waals surface area contributed by atoms with Gasteiger partial charge in [0.2, 0.25) is 5.13 Å². The number of hydrogen-bond donors (Lipinski definition) is 1. The zero-order valence-corrected chi connectivity index (χ0v) is 15.2. The Bertz CT molecular complexity index is 883. The third-order valence-electron chi connectivity index (χ3n) is 4.35. The van der Waals surface area contributed by atoms with Gasteiger partial charge in [-0.1, -0.05) is 23.5 Å². The lowest BCUT2D eigenvalue weighted by molar-refractivity contribution is -0.167. The fourth-order valence-corrected chi connectivity index (χ4v) is 3.83. The van der Waals surface area contributed by atoms with Crippen LogP contribution in [0.25, 0.3) is 10.2 Å². The van der Waals surface area contributed by atoms with E-state index >= 15 is 0 Å². The molecule has 6 nitrogen and oxygen atoms in total. The minimum absolute atomic E-state index is 0.0166. The summed E-state index contributed by atoms with van der Waals surface area (Å²) in [4.78, 5) is 30.5. The number of nitrogens with two attached hydrogens (primary N) is 1. The smallest absolute Gasteiger partial charge is 0.374 e. The number of para-hydroxylation sites is 1. The van der Waals surface area contributed by atoms with Crippen LogP contribution in [0, 0.1) is 0 Å². The Balaban J connectivity index is 2.01. The maximum absolute atomic E-state index is 13.1. The van der Waals surface area contributed by atoms with Crippen LogP contribution < -0.4 is 10.9 Å². The third kappa shape index (κ3) is 3.81. The molecule has 10 heteroatoms. The fourth-order valence-electron chi connectivity index (χ4n) is 2.94. The molecule has 1 aromatic heterocycles. The molecule has 144 valence electrons. The Hall–Kier alpha value is -2.46. The Morgan fingerprint density at radius 1 is 1.22 bits per heavy atom. The molecule has 1 aliphatic heterocycles. The van der Waals surface area contributed by atoms with Gasteiger partial charge in [0.05, 0.1) is 10.2 Å². The molecule has 0 aliphatic carbocycles. The molecule has 0 spiro atoms. The van der Waals surface area contributed by atoms with Crippen molar-refractivity contribution in [3.05, 3.63) is 35.5 Å². The van der Waals surface area contributed by atoms with E-state index in [1.54, 1.807) is 29.2 Å². The van der Waals surface area contributed by atoms with Crippen molar-refractivity contribution in [2.24, 2.45) is 5.84 Å². The van der Waals surface area contributed by atoms with Crippen molar-refractivity contribution in [1.29, 1.82) is 0 Å². The number of hydrazine groups is 1. The zero-order chi connectivity index (χ0) is 19.8. The van der Waals surface area contributed by atoms with Gasteiger partial charge in [0.1, 0.15) is 5.57 Å². The van der Waals surface area contributed by atoms with Gasteiger partial charge in [0.25, 0.3) is 11.7 Å². The lowest BCUT2D eigenvalue weighted by atomic mass is 10.1. The molecule has 2 heterocycles. The highest BCUT2D eigenvalue weighted by atomic mass is 32.1. The molecule has 1 amide bonds. The number of fused-ring (bicyclic) bond motifs is 1. The molecule has 0 radical (unpaired) electrons. The van der Waals surface area contributed by atoms with Gasteiger partial charge in [-0.25, -0.2) is 15.8 Å². The minimum Gasteiger partial charge on any atom is -0.374 e. The number of aromatic nitrogens is 1. The largest absolute Gasteiger partial charge is 0.455 e. The second kappa shape index (κ2) is 7.28. The van der Waals surface area contributed by atoms with Crippen LogP contribution in [0.15, 0.2) is 35.5 Å². The molecule has 0 unspecified atom stereocenters. The quantitative estimate of drug-likeness (QED) is 0.214. The number of anilines is 1. The number of allylic oxidation sites excluding steroid dienone is 1. The first-order chi connectivity index (χ1) is 12.7. The zero-order valence-electron chi connectivity index (χ0n) is 14.4. The summed E-state index contributed by atoms with van der Waals surface area (Å²) in [5, 5.41) is 0.534. The number of halogens is 3. The highest BCUT2D eigenvalue weighted by Gasteiger charge is 2.45. The van der Waals surface area contributed by atoms with E-state index in [2.05, 4.69) is 4.98 Å². The lowest BCUT2D eigenvalue weighted by Crippen LogP contribution is -2.44. The Labute approximate surface area is 157 Å². The molecule has 1 aliphatic rings. The molecule has 1 fully saturated rings. The maximum Gasteiger partial charge on any atom is 0.455 e. The van der Waals surface area contributed by atoms with E-state index in [0.29, 0.717) is 23.6 Å². The molecular formula is C17H17F3N4O2S. The Kier molecular flexibility index (Phi) is 5.20. The monoisotopic (exact) mass is 398 g/mol. The first-order valence-electron chi connectivity index (χ1n) is 8.22. The number of hydrogen-bond acceptors (Lipinski definition) is 6. The summed E-state index contributed by atoms with van der Waals surface area (Å²) in [6, 6.07) is 6.95. The summed E-state index contributed by atoms with van der Waals surface area (Å²) >= 11 is 1.05. The number of rotatable bonds is 4. The highest BCUT2D eigenvalue weighted by molar-refractivity contribution is 7.22. The minimum atomic E-state index is -5.18. The number of benzene rings is 1. The van der Waals surface area contributed by atoms with Crippen molar-refractivity contribution in [3.63, 3.8) is 0 Å². The summed E-state index contributed by atoms with van der Waals surface area (Å²) in [5.41, 5.74) is -0.424. The number of Topliss-reactive ketones (excluding diaryl/α,β-unsaturated/α-hetero) is 1. The average Bonchev–Trinajstić information content (AvgIpc) is 3.29. The summed E-state index contributed by atoms with van der Waals surface area (Å²) in [5.74, 6) is 2.36. The molecule has 2 N–H and O–H groups in total. The van der Waals surface area contributed by atoms with Gasteiger partial charge in [-0.2, -0.15) is 13.2 Å². The van der Waals surface area contributed by atoms with E-state index in [-0.39, 0.29) is 10.8 Å². The summed E-state index contributed by atoms with van der Waals surface area (Å²) in [6.45, 7) is 2.31. The van der Waals surface area contributed by atoms with Crippen LogP contribution in [0.5, 0.6) is 0 Å². The van der Waals surface area contributed by atoms with Crippen molar-refractivity contribution in [1.82, 2.24) is 9.88 Å². The van der Waals surface area contributed by atoms with Crippen molar-refractivity contribution in [2.45, 2.75) is 25.9 Å². The molecule has 1 saturated heterocycles. The average molecular weight is 398 g/mol. The Morgan fingerprint density at radius 3 is 2.44 bits per heavy atom. The third-order valence-corrected chi connectivity index (χ3v) is 5.38. The molecule has 1 aromatic carbocycles. The van der Waals surface area contributed by atoms with Gasteiger partial charge in [0.15, 0.2) is 0 Å². The topological polar surface area (TPSA) is 79.5 Å². The second-order valence-electron chi connectivity index (χ2n) is 6.12. The SMILES string of the molecule is C/C(=C(/C(=O)N(N)c1nc2ccccc2s1)C(=O)C(F)(F)F)N1CCCC1. The van der Waals surface area contributed by atoms with E-state index in [9.17, 15) is 22.8 Å². The molecule has 27 heavy (non-hydrogen) atoms. The van der Waals surface area contributed by atoms with E-state index in [0.717, 1.165) is 28.9 Å². The van der Waals surface area contributed by atoms with Crippen molar-refractivity contribution in [2.75, 3.05) is 18.1 Å². The number of carbonyl (C=O) groups is 2. The van der Waals surface area contributed by atoms with Crippen LogP contribution >= 0.6 is 11.3 Å². The number of carbonyl (C=O) groups excluding carboxylic acids is 2. The van der Waals surface area contributed by atoms with Gasteiger partial charge in [-0.05, 0) is 31.9 Å². The van der Waals surface area contributed by atoms with Gasteiger partial charge in [0, 0.05) is 18.8 Å². The normalized spacial score (nSPS) is 15.8. The molecule has 0 saturated carbocycles. The second-order valence-corrected chi connectivity index (χ2v) is 7.13. The highest BCUT2D eigenvalue weighted by Crippen LogP contribution is 2.31. The van der Waals surface area contributed by atoms with Crippen LogP contribution in [0.4, 0.5) is 18.3 Å². The maximum atomic E-state index is 13.1. The van der Waals surface area contributed by atoms with Crippen LogP contribution in [0.3, 0.4) is 0 Å². The summed E-state index contributed by atoms with van der Waals surface area (Å²) in [6.07, 6.45) is -3.62. The van der Waals surface area contributed by atoms with E-state index in [4.69, 9.17) is 5.84 Å². The number of ketones is 1. The van der Waals surface area contributed by atoms with Crippen LogP contribution in [0.1, 0.15) is 19.8 Å². The fraction of sp³-hybridized carbons (Fsp3) is 0.353. The van der Waals surface area contributed by atoms with E-state index in [1.807, 2.05) is 0 Å². The van der Waals surface area contributed by atoms with Gasteiger partial charge >= 0.3 is 6.18 Å². The number of nitrogens with zero attached hydrogens (tertiary/aromatic N) is 3. The van der Waals surface area contributed by atoms with Crippen molar-refractivity contribution >= 4 is 38.4 Å². The lowest BCUT2D eigenvalue weighted by Gasteiger charge is -2.23. The van der Waals surface area contributed by atoms with Crippen LogP contribution in [-0.2, 0) is 9.59 Å². The van der Waals surface area contributed by atoms with Crippen molar-refractivity contribution in [3.8, 4) is 0 Å². The van der Waals surface area contributed by atoms with Gasteiger partial charge in [-0.3, -0.25) is 9.59 Å². The van der Waals surface area contributed by atoms with E-state index < -0.39 is 23.4 Å². The van der Waals surface area contributed by atoms with Gasteiger partial charge in [-0.15, -0.1) is 0 Å². The predicted molar refractivity (Wildman–Crippen MR) is 95.9 cm³/mol.